The zero-order valence-corrected chi connectivity index (χ0v) is 11.1. The SMILES string of the molecule is C=C1CN(S(=O)(=O)c2ccccc2)c2ccccc21. The number of rotatable bonds is 2. The Bertz CT molecular complexity index is 736. The Balaban J connectivity index is 2.13. The van der Waals surface area contributed by atoms with E-state index in [4.69, 9.17) is 0 Å². The van der Waals surface area contributed by atoms with Crippen LogP contribution >= 0.6 is 0 Å². The zero-order valence-electron chi connectivity index (χ0n) is 10.3. The third-order valence-corrected chi connectivity index (χ3v) is 4.99. The molecule has 0 fully saturated rings. The van der Waals surface area contributed by atoms with E-state index in [9.17, 15) is 8.42 Å². The van der Waals surface area contributed by atoms with Gasteiger partial charge in [-0.1, -0.05) is 43.0 Å². The third kappa shape index (κ3) is 1.85. The summed E-state index contributed by atoms with van der Waals surface area (Å²) in [7, 11) is -3.51. The van der Waals surface area contributed by atoms with E-state index in [1.807, 2.05) is 24.3 Å². The molecule has 2 aromatic rings. The molecule has 0 atom stereocenters. The van der Waals surface area contributed by atoms with Crippen LogP contribution < -0.4 is 4.31 Å². The minimum atomic E-state index is -3.51. The summed E-state index contributed by atoms with van der Waals surface area (Å²) in [6.45, 7) is 4.26. The van der Waals surface area contributed by atoms with Gasteiger partial charge in [0, 0.05) is 5.56 Å². The van der Waals surface area contributed by atoms with Crippen molar-refractivity contribution in [3.8, 4) is 0 Å². The van der Waals surface area contributed by atoms with Crippen LogP contribution in [0.4, 0.5) is 5.69 Å². The molecule has 0 N–H and O–H groups in total. The lowest BCUT2D eigenvalue weighted by molar-refractivity contribution is 0.593. The number of nitrogens with zero attached hydrogens (tertiary/aromatic N) is 1. The third-order valence-electron chi connectivity index (χ3n) is 3.22. The second-order valence-corrected chi connectivity index (χ2v) is 6.31. The van der Waals surface area contributed by atoms with Gasteiger partial charge in [0.2, 0.25) is 0 Å². The standard InChI is InChI=1S/C15H13NO2S/c1-12-11-16(15-10-6-5-9-14(12)15)19(17,18)13-7-3-2-4-8-13/h2-10H,1,11H2. The summed E-state index contributed by atoms with van der Waals surface area (Å²) in [5.41, 5.74) is 2.44. The largest absolute Gasteiger partial charge is 0.264 e. The van der Waals surface area contributed by atoms with Gasteiger partial charge in [-0.05, 0) is 23.8 Å². The second kappa shape index (κ2) is 4.24. The van der Waals surface area contributed by atoms with E-state index in [2.05, 4.69) is 6.58 Å². The van der Waals surface area contributed by atoms with Crippen LogP contribution in [0.15, 0.2) is 66.1 Å². The van der Waals surface area contributed by atoms with Gasteiger partial charge in [0.05, 0.1) is 17.1 Å². The molecule has 0 aliphatic carbocycles. The molecule has 0 bridgehead atoms. The molecule has 19 heavy (non-hydrogen) atoms. The maximum absolute atomic E-state index is 12.6. The van der Waals surface area contributed by atoms with Crippen molar-refractivity contribution >= 4 is 21.3 Å². The van der Waals surface area contributed by atoms with Crippen molar-refractivity contribution < 1.29 is 8.42 Å². The normalized spacial score (nSPS) is 14.5. The van der Waals surface area contributed by atoms with Crippen LogP contribution in [0.1, 0.15) is 5.56 Å². The lowest BCUT2D eigenvalue weighted by atomic mass is 10.1. The van der Waals surface area contributed by atoms with Crippen LogP contribution in [0.5, 0.6) is 0 Å². The van der Waals surface area contributed by atoms with E-state index >= 15 is 0 Å². The molecule has 3 rings (SSSR count). The molecule has 0 radical (unpaired) electrons. The number of hydrogen-bond donors (Lipinski definition) is 0. The van der Waals surface area contributed by atoms with E-state index in [1.54, 1.807) is 30.3 Å². The van der Waals surface area contributed by atoms with Gasteiger partial charge in [0.1, 0.15) is 0 Å². The Morgan fingerprint density at radius 3 is 2.32 bits per heavy atom. The fourth-order valence-electron chi connectivity index (χ4n) is 2.27. The fraction of sp³-hybridized carbons (Fsp3) is 0.0667. The van der Waals surface area contributed by atoms with Gasteiger partial charge in [-0.15, -0.1) is 0 Å². The summed E-state index contributed by atoms with van der Waals surface area (Å²) in [5.74, 6) is 0. The maximum atomic E-state index is 12.6. The number of hydrogen-bond acceptors (Lipinski definition) is 2. The van der Waals surface area contributed by atoms with Crippen molar-refractivity contribution in [3.05, 3.63) is 66.7 Å². The molecular formula is C15H13NO2S. The van der Waals surface area contributed by atoms with E-state index < -0.39 is 10.0 Å². The summed E-state index contributed by atoms with van der Waals surface area (Å²) in [6.07, 6.45) is 0. The zero-order chi connectivity index (χ0) is 13.5. The van der Waals surface area contributed by atoms with Crippen molar-refractivity contribution in [2.24, 2.45) is 0 Å². The average Bonchev–Trinajstić information content (AvgIpc) is 2.79. The van der Waals surface area contributed by atoms with E-state index in [-0.39, 0.29) is 0 Å². The molecule has 1 aliphatic rings. The molecule has 4 heteroatoms. The van der Waals surface area contributed by atoms with Crippen molar-refractivity contribution in [2.45, 2.75) is 4.90 Å². The van der Waals surface area contributed by atoms with Gasteiger partial charge < -0.3 is 0 Å². The summed E-state index contributed by atoms with van der Waals surface area (Å²) < 4.78 is 26.7. The highest BCUT2D eigenvalue weighted by molar-refractivity contribution is 7.92. The number of benzene rings is 2. The molecule has 0 saturated heterocycles. The van der Waals surface area contributed by atoms with Crippen LogP contribution in [0.2, 0.25) is 0 Å². The van der Waals surface area contributed by atoms with Gasteiger partial charge in [-0.25, -0.2) is 8.42 Å². The minimum absolute atomic E-state index is 0.305. The molecule has 1 heterocycles. The molecule has 2 aromatic carbocycles. The second-order valence-electron chi connectivity index (χ2n) is 4.45. The molecule has 96 valence electrons. The summed E-state index contributed by atoms with van der Waals surface area (Å²) in [4.78, 5) is 0.305. The summed E-state index contributed by atoms with van der Waals surface area (Å²) in [6, 6.07) is 15.9. The highest BCUT2D eigenvalue weighted by atomic mass is 32.2. The molecular weight excluding hydrogens is 258 g/mol. The number of anilines is 1. The molecule has 0 unspecified atom stereocenters. The van der Waals surface area contributed by atoms with Crippen LogP contribution in [-0.4, -0.2) is 15.0 Å². The molecule has 1 aliphatic heterocycles. The molecule has 0 spiro atoms. The first kappa shape index (κ1) is 12.0. The molecule has 3 nitrogen and oxygen atoms in total. The Labute approximate surface area is 112 Å². The fourth-order valence-corrected chi connectivity index (χ4v) is 3.77. The highest BCUT2D eigenvalue weighted by Crippen LogP contribution is 2.37. The van der Waals surface area contributed by atoms with E-state index in [1.165, 1.54) is 4.31 Å². The highest BCUT2D eigenvalue weighted by Gasteiger charge is 2.32. The topological polar surface area (TPSA) is 37.4 Å². The van der Waals surface area contributed by atoms with Crippen LogP contribution in [-0.2, 0) is 10.0 Å². The molecule has 0 amide bonds. The van der Waals surface area contributed by atoms with Gasteiger partial charge >= 0.3 is 0 Å². The Kier molecular flexibility index (Phi) is 2.68. The first-order chi connectivity index (χ1) is 9.10. The Morgan fingerprint density at radius 2 is 1.58 bits per heavy atom. The lowest BCUT2D eigenvalue weighted by Crippen LogP contribution is -2.28. The first-order valence-electron chi connectivity index (χ1n) is 5.96. The molecule has 0 saturated carbocycles. The van der Waals surface area contributed by atoms with Gasteiger partial charge in [0.15, 0.2) is 0 Å². The lowest BCUT2D eigenvalue weighted by Gasteiger charge is -2.19. The Morgan fingerprint density at radius 1 is 0.947 bits per heavy atom. The Hall–Kier alpha value is -2.07. The average molecular weight is 271 g/mol. The van der Waals surface area contributed by atoms with E-state index in [0.717, 1.165) is 11.1 Å². The monoisotopic (exact) mass is 271 g/mol. The predicted octanol–water partition coefficient (Wildman–Crippen LogP) is 2.91. The van der Waals surface area contributed by atoms with Gasteiger partial charge in [-0.2, -0.15) is 0 Å². The first-order valence-corrected chi connectivity index (χ1v) is 7.40. The number of fused-ring (bicyclic) bond motifs is 1. The summed E-state index contributed by atoms with van der Waals surface area (Å²) in [5, 5.41) is 0. The number of sulfonamides is 1. The van der Waals surface area contributed by atoms with Crippen molar-refractivity contribution in [1.82, 2.24) is 0 Å². The van der Waals surface area contributed by atoms with Crippen molar-refractivity contribution in [2.75, 3.05) is 10.8 Å². The smallest absolute Gasteiger partial charge is 0.261 e. The van der Waals surface area contributed by atoms with Crippen molar-refractivity contribution in [3.63, 3.8) is 0 Å². The van der Waals surface area contributed by atoms with Gasteiger partial charge in [-0.3, -0.25) is 4.31 Å². The van der Waals surface area contributed by atoms with Crippen molar-refractivity contribution in [1.29, 1.82) is 0 Å². The van der Waals surface area contributed by atoms with Crippen LogP contribution in [0.3, 0.4) is 0 Å². The minimum Gasteiger partial charge on any atom is -0.261 e. The predicted molar refractivity (Wildman–Crippen MR) is 76.4 cm³/mol. The maximum Gasteiger partial charge on any atom is 0.264 e. The van der Waals surface area contributed by atoms with Crippen LogP contribution in [0.25, 0.3) is 5.57 Å². The number of para-hydroxylation sites is 1. The van der Waals surface area contributed by atoms with E-state index in [0.29, 0.717) is 17.1 Å². The quantitative estimate of drug-likeness (QED) is 0.842. The van der Waals surface area contributed by atoms with Gasteiger partial charge in [0.25, 0.3) is 10.0 Å². The molecule has 0 aromatic heterocycles. The van der Waals surface area contributed by atoms with Crippen LogP contribution in [0, 0.1) is 0 Å². The summed E-state index contributed by atoms with van der Waals surface area (Å²) >= 11 is 0.